The maximum atomic E-state index is 5.87. The lowest BCUT2D eigenvalue weighted by atomic mass is 9.95. The number of hydrogen-bond donors (Lipinski definition) is 1. The van der Waals surface area contributed by atoms with Crippen LogP contribution in [0, 0.1) is 5.92 Å². The van der Waals surface area contributed by atoms with Crippen molar-refractivity contribution in [3.8, 4) is 0 Å². The molecule has 1 aliphatic heterocycles. The van der Waals surface area contributed by atoms with Crippen molar-refractivity contribution in [2.45, 2.75) is 38.6 Å². The standard InChI is InChI=1S/C10H19N3/c1-3-13-9(11)12-7-10(13)5-4-8(2)6-10/h8H,3-7H2,1-2H3,(H2,11,12). The third-order valence-corrected chi connectivity index (χ3v) is 3.53. The van der Waals surface area contributed by atoms with Crippen LogP contribution in [0.25, 0.3) is 0 Å². The predicted octanol–water partition coefficient (Wildman–Crippen LogP) is 1.20. The van der Waals surface area contributed by atoms with Gasteiger partial charge in [-0.25, -0.2) is 0 Å². The average Bonchev–Trinajstić information content (AvgIpc) is 2.59. The second kappa shape index (κ2) is 2.89. The van der Waals surface area contributed by atoms with E-state index in [1.165, 1.54) is 19.3 Å². The Balaban J connectivity index is 2.17. The minimum absolute atomic E-state index is 0.304. The summed E-state index contributed by atoms with van der Waals surface area (Å²) in [6.45, 7) is 6.43. The van der Waals surface area contributed by atoms with Crippen molar-refractivity contribution in [2.75, 3.05) is 13.1 Å². The molecule has 1 aliphatic carbocycles. The van der Waals surface area contributed by atoms with E-state index in [2.05, 4.69) is 23.7 Å². The third-order valence-electron chi connectivity index (χ3n) is 3.53. The largest absolute Gasteiger partial charge is 0.370 e. The highest BCUT2D eigenvalue weighted by molar-refractivity contribution is 5.81. The lowest BCUT2D eigenvalue weighted by Crippen LogP contribution is -2.49. The number of nitrogens with two attached hydrogens (primary N) is 1. The molecule has 3 heteroatoms. The van der Waals surface area contributed by atoms with E-state index in [1.807, 2.05) is 0 Å². The molecule has 0 amide bonds. The average molecular weight is 181 g/mol. The van der Waals surface area contributed by atoms with Gasteiger partial charge in [-0.15, -0.1) is 0 Å². The van der Waals surface area contributed by atoms with Gasteiger partial charge in [0.25, 0.3) is 0 Å². The van der Waals surface area contributed by atoms with Gasteiger partial charge in [0.1, 0.15) is 0 Å². The van der Waals surface area contributed by atoms with E-state index in [0.29, 0.717) is 5.54 Å². The molecule has 0 bridgehead atoms. The molecule has 1 heterocycles. The van der Waals surface area contributed by atoms with Gasteiger partial charge in [-0.1, -0.05) is 6.92 Å². The predicted molar refractivity (Wildman–Crippen MR) is 54.6 cm³/mol. The highest BCUT2D eigenvalue weighted by atomic mass is 15.4. The molecular weight excluding hydrogens is 162 g/mol. The zero-order valence-electron chi connectivity index (χ0n) is 8.58. The second-order valence-corrected chi connectivity index (χ2v) is 4.49. The van der Waals surface area contributed by atoms with Gasteiger partial charge in [-0.3, -0.25) is 4.99 Å². The van der Waals surface area contributed by atoms with E-state index in [1.54, 1.807) is 0 Å². The molecule has 0 saturated heterocycles. The van der Waals surface area contributed by atoms with E-state index in [4.69, 9.17) is 5.73 Å². The molecule has 3 nitrogen and oxygen atoms in total. The van der Waals surface area contributed by atoms with Crippen LogP contribution in [0.2, 0.25) is 0 Å². The lowest BCUT2D eigenvalue weighted by Gasteiger charge is -2.35. The fourth-order valence-electron chi connectivity index (χ4n) is 2.90. The number of aliphatic imine (C=N–C) groups is 1. The van der Waals surface area contributed by atoms with E-state index in [-0.39, 0.29) is 0 Å². The maximum absolute atomic E-state index is 5.87. The van der Waals surface area contributed by atoms with E-state index in [9.17, 15) is 0 Å². The third kappa shape index (κ3) is 1.21. The molecule has 0 aromatic rings. The zero-order valence-corrected chi connectivity index (χ0v) is 8.58. The van der Waals surface area contributed by atoms with Crippen LogP contribution < -0.4 is 5.73 Å². The smallest absolute Gasteiger partial charge is 0.191 e. The minimum atomic E-state index is 0.304. The first-order valence-electron chi connectivity index (χ1n) is 5.25. The number of hydrogen-bond acceptors (Lipinski definition) is 3. The molecule has 1 fully saturated rings. The van der Waals surface area contributed by atoms with E-state index >= 15 is 0 Å². The minimum Gasteiger partial charge on any atom is -0.370 e. The Labute approximate surface area is 80.0 Å². The first-order valence-corrected chi connectivity index (χ1v) is 5.25. The molecule has 2 atom stereocenters. The molecule has 2 unspecified atom stereocenters. The van der Waals surface area contributed by atoms with Crippen molar-refractivity contribution in [3.63, 3.8) is 0 Å². The summed E-state index contributed by atoms with van der Waals surface area (Å²) in [5.74, 6) is 1.60. The van der Waals surface area contributed by atoms with Crippen LogP contribution in [0.3, 0.4) is 0 Å². The van der Waals surface area contributed by atoms with E-state index in [0.717, 1.165) is 25.0 Å². The summed E-state index contributed by atoms with van der Waals surface area (Å²) in [7, 11) is 0. The molecule has 2 rings (SSSR count). The van der Waals surface area contributed by atoms with Crippen LogP contribution in [0.15, 0.2) is 4.99 Å². The summed E-state index contributed by atoms with van der Waals surface area (Å²) in [5, 5.41) is 0. The van der Waals surface area contributed by atoms with Gasteiger partial charge in [0.15, 0.2) is 5.96 Å². The number of nitrogens with zero attached hydrogens (tertiary/aromatic N) is 2. The monoisotopic (exact) mass is 181 g/mol. The molecule has 1 saturated carbocycles. The molecule has 2 N–H and O–H groups in total. The molecule has 2 aliphatic rings. The van der Waals surface area contributed by atoms with Crippen molar-refractivity contribution in [3.05, 3.63) is 0 Å². The number of rotatable bonds is 1. The summed E-state index contributed by atoms with van der Waals surface area (Å²) >= 11 is 0. The van der Waals surface area contributed by atoms with Gasteiger partial charge < -0.3 is 10.6 Å². The number of guanidine groups is 1. The fraction of sp³-hybridized carbons (Fsp3) is 0.900. The first-order chi connectivity index (χ1) is 6.18. The van der Waals surface area contributed by atoms with Crippen LogP contribution in [0.5, 0.6) is 0 Å². The van der Waals surface area contributed by atoms with Gasteiger partial charge in [0.05, 0.1) is 12.1 Å². The Morgan fingerprint density at radius 3 is 3.00 bits per heavy atom. The maximum Gasteiger partial charge on any atom is 0.191 e. The summed E-state index contributed by atoms with van der Waals surface area (Å²) < 4.78 is 0. The van der Waals surface area contributed by atoms with Crippen molar-refractivity contribution in [1.29, 1.82) is 0 Å². The number of likely N-dealkylation sites (N-methyl/N-ethyl adjacent to an activating group) is 1. The normalized spacial score (nSPS) is 38.8. The Hall–Kier alpha value is -0.730. The Kier molecular flexibility index (Phi) is 1.97. The highest BCUT2D eigenvalue weighted by Gasteiger charge is 2.45. The summed E-state index contributed by atoms with van der Waals surface area (Å²) in [6, 6.07) is 0. The molecule has 1 spiro atoms. The lowest BCUT2D eigenvalue weighted by molar-refractivity contribution is 0.209. The molecule has 0 aromatic carbocycles. The zero-order chi connectivity index (χ0) is 9.47. The van der Waals surface area contributed by atoms with Crippen LogP contribution in [-0.4, -0.2) is 29.5 Å². The van der Waals surface area contributed by atoms with Crippen LogP contribution in [-0.2, 0) is 0 Å². The van der Waals surface area contributed by atoms with Gasteiger partial charge in [0.2, 0.25) is 0 Å². The van der Waals surface area contributed by atoms with Crippen molar-refractivity contribution < 1.29 is 0 Å². The Morgan fingerprint density at radius 1 is 1.69 bits per heavy atom. The quantitative estimate of drug-likeness (QED) is 0.660. The SMILES string of the molecule is CCN1C(N)=NCC12CCC(C)C2. The summed E-state index contributed by atoms with van der Waals surface area (Å²) in [6.07, 6.45) is 3.87. The Bertz CT molecular complexity index is 236. The van der Waals surface area contributed by atoms with Crippen molar-refractivity contribution >= 4 is 5.96 Å². The first kappa shape index (κ1) is 8.85. The summed E-state index contributed by atoms with van der Waals surface area (Å²) in [4.78, 5) is 6.68. The van der Waals surface area contributed by atoms with Crippen LogP contribution in [0.4, 0.5) is 0 Å². The fourth-order valence-corrected chi connectivity index (χ4v) is 2.90. The topological polar surface area (TPSA) is 41.6 Å². The van der Waals surface area contributed by atoms with E-state index < -0.39 is 0 Å². The van der Waals surface area contributed by atoms with Gasteiger partial charge in [0, 0.05) is 6.54 Å². The molecule has 13 heavy (non-hydrogen) atoms. The molecule has 74 valence electrons. The Morgan fingerprint density at radius 2 is 2.46 bits per heavy atom. The molecule has 0 radical (unpaired) electrons. The van der Waals surface area contributed by atoms with Gasteiger partial charge in [-0.2, -0.15) is 0 Å². The summed E-state index contributed by atoms with van der Waals surface area (Å²) in [5.41, 5.74) is 6.17. The van der Waals surface area contributed by atoms with Gasteiger partial charge in [-0.05, 0) is 32.1 Å². The molecule has 0 aromatic heterocycles. The van der Waals surface area contributed by atoms with Crippen LogP contribution >= 0.6 is 0 Å². The highest BCUT2D eigenvalue weighted by Crippen LogP contribution is 2.41. The second-order valence-electron chi connectivity index (χ2n) is 4.49. The van der Waals surface area contributed by atoms with Crippen molar-refractivity contribution in [2.24, 2.45) is 16.6 Å². The van der Waals surface area contributed by atoms with Crippen LogP contribution in [0.1, 0.15) is 33.1 Å². The van der Waals surface area contributed by atoms with Crippen molar-refractivity contribution in [1.82, 2.24) is 4.90 Å². The van der Waals surface area contributed by atoms with Gasteiger partial charge >= 0.3 is 0 Å². The molecular formula is C10H19N3.